The zero-order valence-electron chi connectivity index (χ0n) is 16.0. The standard InChI is InChI=1S/C20H22F2N2O4/c1-11(2)18(24-19(25)17-13(21)6-5-7-14(17)22)20(26)23-15-9-8-12(27-3)10-16(15)28-4/h5-11,18H,1-4H3,(H,23,26)(H,24,25)/t18-/m0/s1. The van der Waals surface area contributed by atoms with Gasteiger partial charge in [-0.25, -0.2) is 8.78 Å². The number of anilines is 1. The summed E-state index contributed by atoms with van der Waals surface area (Å²) < 4.78 is 38.0. The van der Waals surface area contributed by atoms with E-state index in [-0.39, 0.29) is 5.92 Å². The predicted octanol–water partition coefficient (Wildman–Crippen LogP) is 3.38. The van der Waals surface area contributed by atoms with Crippen LogP contribution in [0.4, 0.5) is 14.5 Å². The molecule has 0 bridgehead atoms. The van der Waals surface area contributed by atoms with E-state index in [1.807, 2.05) is 0 Å². The van der Waals surface area contributed by atoms with E-state index < -0.39 is 35.1 Å². The van der Waals surface area contributed by atoms with Crippen molar-refractivity contribution in [2.24, 2.45) is 5.92 Å². The van der Waals surface area contributed by atoms with Gasteiger partial charge in [0, 0.05) is 6.07 Å². The molecule has 8 heteroatoms. The Hall–Kier alpha value is -3.16. The number of rotatable bonds is 7. The summed E-state index contributed by atoms with van der Waals surface area (Å²) >= 11 is 0. The third kappa shape index (κ3) is 4.76. The van der Waals surface area contributed by atoms with Gasteiger partial charge in [0.05, 0.1) is 19.9 Å². The van der Waals surface area contributed by atoms with Crippen molar-refractivity contribution < 1.29 is 27.8 Å². The number of carbonyl (C=O) groups excluding carboxylic acids is 2. The summed E-state index contributed by atoms with van der Waals surface area (Å²) in [6.45, 7) is 3.40. The molecule has 0 aliphatic rings. The monoisotopic (exact) mass is 392 g/mol. The highest BCUT2D eigenvalue weighted by molar-refractivity contribution is 6.02. The van der Waals surface area contributed by atoms with Crippen molar-refractivity contribution in [3.8, 4) is 11.5 Å². The van der Waals surface area contributed by atoms with Gasteiger partial charge in [0.1, 0.15) is 34.7 Å². The fourth-order valence-corrected chi connectivity index (χ4v) is 2.58. The number of hydrogen-bond donors (Lipinski definition) is 2. The highest BCUT2D eigenvalue weighted by Gasteiger charge is 2.28. The zero-order chi connectivity index (χ0) is 20.8. The molecule has 6 nitrogen and oxygen atoms in total. The Morgan fingerprint density at radius 3 is 2.18 bits per heavy atom. The van der Waals surface area contributed by atoms with Crippen molar-refractivity contribution in [2.45, 2.75) is 19.9 Å². The van der Waals surface area contributed by atoms with E-state index >= 15 is 0 Å². The molecular weight excluding hydrogens is 370 g/mol. The Labute approximate surface area is 161 Å². The summed E-state index contributed by atoms with van der Waals surface area (Å²) in [5.41, 5.74) is -0.367. The van der Waals surface area contributed by atoms with Crippen molar-refractivity contribution in [3.05, 3.63) is 53.6 Å². The second kappa shape index (κ2) is 9.16. The minimum Gasteiger partial charge on any atom is -0.497 e. The molecule has 1 atom stereocenters. The lowest BCUT2D eigenvalue weighted by Crippen LogP contribution is -2.47. The molecule has 0 aromatic heterocycles. The van der Waals surface area contributed by atoms with Gasteiger partial charge < -0.3 is 20.1 Å². The third-order valence-electron chi connectivity index (χ3n) is 4.09. The normalized spacial score (nSPS) is 11.7. The fourth-order valence-electron chi connectivity index (χ4n) is 2.58. The summed E-state index contributed by atoms with van der Waals surface area (Å²) in [4.78, 5) is 25.1. The van der Waals surface area contributed by atoms with Gasteiger partial charge in [-0.15, -0.1) is 0 Å². The summed E-state index contributed by atoms with van der Waals surface area (Å²) in [7, 11) is 2.94. The number of halogens is 2. The smallest absolute Gasteiger partial charge is 0.257 e. The molecule has 150 valence electrons. The Morgan fingerprint density at radius 2 is 1.64 bits per heavy atom. The highest BCUT2D eigenvalue weighted by atomic mass is 19.1. The first-order valence-corrected chi connectivity index (χ1v) is 8.56. The molecule has 2 aromatic rings. The topological polar surface area (TPSA) is 76.7 Å². The fraction of sp³-hybridized carbons (Fsp3) is 0.300. The van der Waals surface area contributed by atoms with Crippen LogP contribution in [0.15, 0.2) is 36.4 Å². The molecule has 2 amide bonds. The molecule has 0 aliphatic carbocycles. The molecule has 0 aliphatic heterocycles. The molecule has 0 saturated carbocycles. The van der Waals surface area contributed by atoms with E-state index in [4.69, 9.17) is 9.47 Å². The molecule has 0 heterocycles. The molecule has 2 aromatic carbocycles. The number of benzene rings is 2. The van der Waals surface area contributed by atoms with Crippen LogP contribution in [-0.4, -0.2) is 32.1 Å². The van der Waals surface area contributed by atoms with Crippen molar-refractivity contribution in [1.29, 1.82) is 0 Å². The maximum atomic E-state index is 13.8. The van der Waals surface area contributed by atoms with Crippen LogP contribution >= 0.6 is 0 Å². The maximum Gasteiger partial charge on any atom is 0.257 e. The van der Waals surface area contributed by atoms with Crippen molar-refractivity contribution in [2.75, 3.05) is 19.5 Å². The Balaban J connectivity index is 2.22. The molecule has 0 fully saturated rings. The maximum absolute atomic E-state index is 13.8. The van der Waals surface area contributed by atoms with E-state index in [1.54, 1.807) is 32.0 Å². The van der Waals surface area contributed by atoms with Crippen molar-refractivity contribution >= 4 is 17.5 Å². The second-order valence-electron chi connectivity index (χ2n) is 6.35. The average molecular weight is 392 g/mol. The quantitative estimate of drug-likeness (QED) is 0.758. The number of nitrogens with one attached hydrogen (secondary N) is 2. The molecule has 2 rings (SSSR count). The van der Waals surface area contributed by atoms with Crippen LogP contribution in [0.5, 0.6) is 11.5 Å². The highest BCUT2D eigenvalue weighted by Crippen LogP contribution is 2.29. The van der Waals surface area contributed by atoms with Crippen LogP contribution in [-0.2, 0) is 4.79 Å². The summed E-state index contributed by atoms with van der Waals surface area (Å²) in [5, 5.41) is 5.06. The first-order valence-electron chi connectivity index (χ1n) is 8.56. The second-order valence-corrected chi connectivity index (χ2v) is 6.35. The lowest BCUT2D eigenvalue weighted by atomic mass is 10.0. The lowest BCUT2D eigenvalue weighted by Gasteiger charge is -2.22. The van der Waals surface area contributed by atoms with Crippen LogP contribution in [0.1, 0.15) is 24.2 Å². The van der Waals surface area contributed by atoms with Gasteiger partial charge in [-0.1, -0.05) is 19.9 Å². The summed E-state index contributed by atoms with van der Waals surface area (Å²) in [6.07, 6.45) is 0. The average Bonchev–Trinajstić information content (AvgIpc) is 2.65. The molecule has 2 N–H and O–H groups in total. The van der Waals surface area contributed by atoms with Gasteiger partial charge in [-0.3, -0.25) is 9.59 Å². The predicted molar refractivity (Wildman–Crippen MR) is 101 cm³/mol. The Kier molecular flexibility index (Phi) is 6.92. The Morgan fingerprint density at radius 1 is 1.00 bits per heavy atom. The van der Waals surface area contributed by atoms with E-state index in [0.717, 1.165) is 18.2 Å². The summed E-state index contributed by atoms with van der Waals surface area (Å²) in [6, 6.07) is 6.90. The number of ether oxygens (including phenoxy) is 2. The van der Waals surface area contributed by atoms with Crippen LogP contribution in [0.2, 0.25) is 0 Å². The molecule has 0 saturated heterocycles. The molecular formula is C20H22F2N2O4. The van der Waals surface area contributed by atoms with E-state index in [0.29, 0.717) is 17.2 Å². The van der Waals surface area contributed by atoms with Crippen LogP contribution in [0.25, 0.3) is 0 Å². The zero-order valence-corrected chi connectivity index (χ0v) is 16.0. The van der Waals surface area contributed by atoms with Gasteiger partial charge in [0.25, 0.3) is 5.91 Å². The van der Waals surface area contributed by atoms with Crippen molar-refractivity contribution in [3.63, 3.8) is 0 Å². The molecule has 0 radical (unpaired) electrons. The third-order valence-corrected chi connectivity index (χ3v) is 4.09. The van der Waals surface area contributed by atoms with E-state index in [9.17, 15) is 18.4 Å². The largest absolute Gasteiger partial charge is 0.497 e. The lowest BCUT2D eigenvalue weighted by molar-refractivity contribution is -0.118. The molecule has 0 unspecified atom stereocenters. The first-order chi connectivity index (χ1) is 13.3. The van der Waals surface area contributed by atoms with Crippen molar-refractivity contribution in [1.82, 2.24) is 5.32 Å². The van der Waals surface area contributed by atoms with Gasteiger partial charge in [-0.2, -0.15) is 0 Å². The summed E-state index contributed by atoms with van der Waals surface area (Å²) in [5.74, 6) is -3.01. The Bertz CT molecular complexity index is 851. The number of carbonyl (C=O) groups is 2. The van der Waals surface area contributed by atoms with Gasteiger partial charge >= 0.3 is 0 Å². The van der Waals surface area contributed by atoms with Gasteiger partial charge in [0.2, 0.25) is 5.91 Å². The van der Waals surface area contributed by atoms with E-state index in [2.05, 4.69) is 10.6 Å². The minimum atomic E-state index is -1.03. The van der Waals surface area contributed by atoms with E-state index in [1.165, 1.54) is 14.2 Å². The number of amides is 2. The van der Waals surface area contributed by atoms with Crippen LogP contribution in [0, 0.1) is 17.6 Å². The van der Waals surface area contributed by atoms with Crippen LogP contribution < -0.4 is 20.1 Å². The van der Waals surface area contributed by atoms with Crippen LogP contribution in [0.3, 0.4) is 0 Å². The molecule has 28 heavy (non-hydrogen) atoms. The number of hydrogen-bond acceptors (Lipinski definition) is 4. The molecule has 0 spiro atoms. The van der Waals surface area contributed by atoms with Gasteiger partial charge in [-0.05, 0) is 30.2 Å². The minimum absolute atomic E-state index is 0.344. The SMILES string of the molecule is COc1ccc(NC(=O)[C@@H](NC(=O)c2c(F)cccc2F)C(C)C)c(OC)c1. The van der Waals surface area contributed by atoms with Gasteiger partial charge in [0.15, 0.2) is 0 Å². The number of methoxy groups -OCH3 is 2. The first kappa shape index (κ1) is 21.1.